The van der Waals surface area contributed by atoms with E-state index in [1.165, 1.54) is 0 Å². The first-order valence-electron chi connectivity index (χ1n) is 6.50. The van der Waals surface area contributed by atoms with E-state index >= 15 is 0 Å². The highest BCUT2D eigenvalue weighted by Crippen LogP contribution is 2.17. The van der Waals surface area contributed by atoms with E-state index < -0.39 is 0 Å². The average Bonchev–Trinajstić information content (AvgIpc) is 2.36. The molecule has 0 aliphatic heterocycles. The maximum Gasteiger partial charge on any atom is 0.319 e. The van der Waals surface area contributed by atoms with Gasteiger partial charge in [0.15, 0.2) is 0 Å². The molecular formula is C14H22N2O3. The standard InChI is InChI=1S/C14H22N2O3/c1-11(2)6-9-19-13-5-3-4-12(10-13)16-14(18)15-7-8-17/h3-5,10-11,17H,6-9H2,1-2H3,(H2,15,16,18). The molecule has 0 spiro atoms. The minimum Gasteiger partial charge on any atom is -0.494 e. The number of aliphatic hydroxyl groups is 1. The van der Waals surface area contributed by atoms with Crippen LogP contribution in [0.5, 0.6) is 5.75 Å². The topological polar surface area (TPSA) is 70.6 Å². The Hall–Kier alpha value is -1.75. The van der Waals surface area contributed by atoms with Gasteiger partial charge >= 0.3 is 6.03 Å². The number of hydrogen-bond donors (Lipinski definition) is 3. The molecule has 106 valence electrons. The van der Waals surface area contributed by atoms with Crippen LogP contribution in [0.4, 0.5) is 10.5 Å². The van der Waals surface area contributed by atoms with Crippen LogP contribution >= 0.6 is 0 Å². The zero-order chi connectivity index (χ0) is 14.1. The molecule has 0 saturated heterocycles. The largest absolute Gasteiger partial charge is 0.494 e. The van der Waals surface area contributed by atoms with E-state index in [9.17, 15) is 4.79 Å². The quantitative estimate of drug-likeness (QED) is 0.708. The second-order valence-electron chi connectivity index (χ2n) is 4.66. The van der Waals surface area contributed by atoms with Gasteiger partial charge in [0.05, 0.1) is 13.2 Å². The summed E-state index contributed by atoms with van der Waals surface area (Å²) in [5.41, 5.74) is 0.664. The summed E-state index contributed by atoms with van der Waals surface area (Å²) in [7, 11) is 0. The number of benzene rings is 1. The Kier molecular flexibility index (Phi) is 6.74. The highest BCUT2D eigenvalue weighted by Gasteiger charge is 2.02. The molecule has 0 heterocycles. The molecule has 5 nitrogen and oxygen atoms in total. The fourth-order valence-electron chi connectivity index (χ4n) is 1.42. The van der Waals surface area contributed by atoms with Crippen molar-refractivity contribution in [3.8, 4) is 5.75 Å². The van der Waals surface area contributed by atoms with Crippen molar-refractivity contribution in [1.29, 1.82) is 0 Å². The summed E-state index contributed by atoms with van der Waals surface area (Å²) in [6.45, 7) is 5.11. The summed E-state index contributed by atoms with van der Waals surface area (Å²) in [6, 6.07) is 6.91. The van der Waals surface area contributed by atoms with Crippen molar-refractivity contribution in [3.05, 3.63) is 24.3 Å². The normalized spacial score (nSPS) is 10.3. The summed E-state index contributed by atoms with van der Waals surface area (Å²) in [4.78, 5) is 11.4. The molecule has 0 atom stereocenters. The first kappa shape index (κ1) is 15.3. The Bertz CT molecular complexity index is 394. The van der Waals surface area contributed by atoms with E-state index in [1.54, 1.807) is 12.1 Å². The lowest BCUT2D eigenvalue weighted by Crippen LogP contribution is -2.30. The number of ether oxygens (including phenoxy) is 1. The lowest BCUT2D eigenvalue weighted by molar-refractivity contribution is 0.245. The zero-order valence-corrected chi connectivity index (χ0v) is 11.5. The van der Waals surface area contributed by atoms with Crippen LogP contribution in [0, 0.1) is 5.92 Å². The maximum atomic E-state index is 11.4. The van der Waals surface area contributed by atoms with Gasteiger partial charge in [0.25, 0.3) is 0 Å². The number of amides is 2. The van der Waals surface area contributed by atoms with E-state index in [2.05, 4.69) is 24.5 Å². The number of rotatable bonds is 7. The highest BCUT2D eigenvalue weighted by atomic mass is 16.5. The molecule has 3 N–H and O–H groups in total. The van der Waals surface area contributed by atoms with E-state index in [1.807, 2.05) is 12.1 Å². The van der Waals surface area contributed by atoms with Crippen molar-refractivity contribution in [2.75, 3.05) is 25.1 Å². The Morgan fingerprint density at radius 1 is 1.42 bits per heavy atom. The van der Waals surface area contributed by atoms with Crippen LogP contribution < -0.4 is 15.4 Å². The van der Waals surface area contributed by atoms with E-state index in [0.29, 0.717) is 18.2 Å². The fourth-order valence-corrected chi connectivity index (χ4v) is 1.42. The van der Waals surface area contributed by atoms with Gasteiger partial charge in [0, 0.05) is 18.3 Å². The number of hydrogen-bond acceptors (Lipinski definition) is 3. The smallest absolute Gasteiger partial charge is 0.319 e. The van der Waals surface area contributed by atoms with Crippen LogP contribution in [-0.2, 0) is 0 Å². The molecule has 19 heavy (non-hydrogen) atoms. The number of carbonyl (C=O) groups is 1. The molecule has 0 radical (unpaired) electrons. The van der Waals surface area contributed by atoms with Gasteiger partial charge in [-0.25, -0.2) is 4.79 Å². The van der Waals surface area contributed by atoms with Crippen molar-refractivity contribution in [2.45, 2.75) is 20.3 Å². The molecule has 0 saturated carbocycles. The van der Waals surface area contributed by atoms with Gasteiger partial charge in [-0.15, -0.1) is 0 Å². The number of nitrogens with one attached hydrogen (secondary N) is 2. The average molecular weight is 266 g/mol. The summed E-state index contributed by atoms with van der Waals surface area (Å²) in [5, 5.41) is 13.8. The number of aliphatic hydroxyl groups excluding tert-OH is 1. The SMILES string of the molecule is CC(C)CCOc1cccc(NC(=O)NCCO)c1. The molecule has 1 aromatic rings. The van der Waals surface area contributed by atoms with Gasteiger partial charge in [-0.3, -0.25) is 0 Å². The molecule has 0 aliphatic carbocycles. The Balaban J connectivity index is 2.45. The molecule has 1 aromatic carbocycles. The lowest BCUT2D eigenvalue weighted by Gasteiger charge is -2.10. The molecule has 0 bridgehead atoms. The molecule has 5 heteroatoms. The number of anilines is 1. The minimum absolute atomic E-state index is 0.0776. The summed E-state index contributed by atoms with van der Waals surface area (Å²) < 4.78 is 5.61. The van der Waals surface area contributed by atoms with Crippen molar-refractivity contribution >= 4 is 11.7 Å². The van der Waals surface area contributed by atoms with Gasteiger partial charge in [-0.05, 0) is 24.5 Å². The van der Waals surface area contributed by atoms with Crippen LogP contribution in [0.25, 0.3) is 0 Å². The number of urea groups is 1. The first-order valence-corrected chi connectivity index (χ1v) is 6.50. The van der Waals surface area contributed by atoms with Gasteiger partial charge < -0.3 is 20.5 Å². The summed E-state index contributed by atoms with van der Waals surface area (Å²) >= 11 is 0. The molecular weight excluding hydrogens is 244 g/mol. The maximum absolute atomic E-state index is 11.4. The Morgan fingerprint density at radius 3 is 2.89 bits per heavy atom. The van der Waals surface area contributed by atoms with Crippen LogP contribution in [0.15, 0.2) is 24.3 Å². The Morgan fingerprint density at radius 2 is 2.21 bits per heavy atom. The first-order chi connectivity index (χ1) is 9.11. The number of carbonyl (C=O) groups excluding carboxylic acids is 1. The summed E-state index contributed by atoms with van der Waals surface area (Å²) in [6.07, 6.45) is 0.995. The van der Waals surface area contributed by atoms with Gasteiger partial charge in [-0.2, -0.15) is 0 Å². The van der Waals surface area contributed by atoms with Gasteiger partial charge in [-0.1, -0.05) is 19.9 Å². The van der Waals surface area contributed by atoms with Gasteiger partial charge in [0.2, 0.25) is 0 Å². The lowest BCUT2D eigenvalue weighted by atomic mass is 10.1. The zero-order valence-electron chi connectivity index (χ0n) is 11.5. The third kappa shape index (κ3) is 6.67. The van der Waals surface area contributed by atoms with Gasteiger partial charge in [0.1, 0.15) is 5.75 Å². The van der Waals surface area contributed by atoms with Crippen LogP contribution in [-0.4, -0.2) is 30.9 Å². The predicted octanol–water partition coefficient (Wildman–Crippen LogP) is 2.23. The van der Waals surface area contributed by atoms with E-state index in [0.717, 1.165) is 12.2 Å². The third-order valence-corrected chi connectivity index (χ3v) is 2.45. The monoisotopic (exact) mass is 266 g/mol. The van der Waals surface area contributed by atoms with E-state index in [4.69, 9.17) is 9.84 Å². The minimum atomic E-state index is -0.339. The molecule has 1 rings (SSSR count). The second kappa shape index (κ2) is 8.37. The highest BCUT2D eigenvalue weighted by molar-refractivity contribution is 5.89. The third-order valence-electron chi connectivity index (χ3n) is 2.45. The molecule has 0 fully saturated rings. The molecule has 0 unspecified atom stereocenters. The Labute approximate surface area is 114 Å². The molecule has 0 aliphatic rings. The van der Waals surface area contributed by atoms with Crippen LogP contribution in [0.1, 0.15) is 20.3 Å². The van der Waals surface area contributed by atoms with Crippen molar-refractivity contribution < 1.29 is 14.6 Å². The fraction of sp³-hybridized carbons (Fsp3) is 0.500. The van der Waals surface area contributed by atoms with Crippen LogP contribution in [0.3, 0.4) is 0 Å². The summed E-state index contributed by atoms with van der Waals surface area (Å²) in [5.74, 6) is 1.34. The molecule has 2 amide bonds. The van der Waals surface area contributed by atoms with Crippen molar-refractivity contribution in [2.24, 2.45) is 5.92 Å². The second-order valence-corrected chi connectivity index (χ2v) is 4.66. The van der Waals surface area contributed by atoms with Crippen molar-refractivity contribution in [1.82, 2.24) is 5.32 Å². The van der Waals surface area contributed by atoms with E-state index in [-0.39, 0.29) is 19.2 Å². The predicted molar refractivity (Wildman–Crippen MR) is 75.5 cm³/mol. The van der Waals surface area contributed by atoms with Crippen LogP contribution in [0.2, 0.25) is 0 Å². The molecule has 0 aromatic heterocycles. The van der Waals surface area contributed by atoms with Crippen molar-refractivity contribution in [3.63, 3.8) is 0 Å².